The zero-order valence-electron chi connectivity index (χ0n) is 8.39. The van der Waals surface area contributed by atoms with Crippen molar-refractivity contribution in [1.82, 2.24) is 4.98 Å². The number of rotatable bonds is 4. The molecule has 0 aliphatic carbocycles. The van der Waals surface area contributed by atoms with Gasteiger partial charge < -0.3 is 9.84 Å². The first kappa shape index (κ1) is 11.0. The lowest BCUT2D eigenvalue weighted by Crippen LogP contribution is -1.94. The van der Waals surface area contributed by atoms with Crippen molar-refractivity contribution in [2.24, 2.45) is 0 Å². The van der Waals surface area contributed by atoms with E-state index in [9.17, 15) is 4.39 Å². The van der Waals surface area contributed by atoms with Crippen molar-refractivity contribution in [1.29, 1.82) is 0 Å². The highest BCUT2D eigenvalue weighted by Gasteiger charge is 2.02. The summed E-state index contributed by atoms with van der Waals surface area (Å²) in [4.78, 5) is 4.88. The van der Waals surface area contributed by atoms with E-state index in [0.717, 1.165) is 9.88 Å². The van der Waals surface area contributed by atoms with Crippen LogP contribution in [-0.4, -0.2) is 10.1 Å². The minimum atomic E-state index is -0.288. The number of halogens is 1. The molecule has 0 aliphatic heterocycles. The third-order valence-electron chi connectivity index (χ3n) is 1.93. The highest BCUT2D eigenvalue weighted by molar-refractivity contribution is 7.11. The van der Waals surface area contributed by atoms with Crippen molar-refractivity contribution in [3.8, 4) is 5.75 Å². The predicted molar refractivity (Wildman–Crippen MR) is 58.8 cm³/mol. The number of aliphatic hydroxyl groups is 1. The number of thiazole rings is 1. The molecule has 0 saturated carbocycles. The second kappa shape index (κ2) is 5.05. The highest BCUT2D eigenvalue weighted by atomic mass is 32.1. The van der Waals surface area contributed by atoms with Gasteiger partial charge in [0.15, 0.2) is 0 Å². The zero-order valence-corrected chi connectivity index (χ0v) is 9.21. The first-order valence-corrected chi connectivity index (χ1v) is 5.52. The van der Waals surface area contributed by atoms with Crippen molar-refractivity contribution in [3.05, 3.63) is 46.2 Å². The minimum Gasteiger partial charge on any atom is -0.486 e. The number of nitrogens with zero attached hydrogens (tertiary/aromatic N) is 1. The molecule has 0 amide bonds. The van der Waals surface area contributed by atoms with Crippen molar-refractivity contribution >= 4 is 11.3 Å². The Labute approximate surface area is 96.2 Å². The van der Waals surface area contributed by atoms with Gasteiger partial charge in [0, 0.05) is 6.20 Å². The van der Waals surface area contributed by atoms with Gasteiger partial charge in [-0.3, -0.25) is 0 Å². The summed E-state index contributed by atoms with van der Waals surface area (Å²) < 4.78 is 18.0. The largest absolute Gasteiger partial charge is 0.486 e. The van der Waals surface area contributed by atoms with Crippen molar-refractivity contribution in [2.75, 3.05) is 0 Å². The topological polar surface area (TPSA) is 42.4 Å². The lowest BCUT2D eigenvalue weighted by atomic mass is 10.3. The number of hydrogen-bond acceptors (Lipinski definition) is 4. The van der Waals surface area contributed by atoms with E-state index in [1.807, 2.05) is 0 Å². The number of ether oxygens (including phenoxy) is 1. The first-order chi connectivity index (χ1) is 7.78. The van der Waals surface area contributed by atoms with E-state index in [0.29, 0.717) is 12.4 Å². The lowest BCUT2D eigenvalue weighted by molar-refractivity contribution is 0.285. The molecule has 1 N–H and O–H groups in total. The van der Waals surface area contributed by atoms with Gasteiger partial charge in [-0.05, 0) is 24.3 Å². The summed E-state index contributed by atoms with van der Waals surface area (Å²) in [5, 5.41) is 9.64. The van der Waals surface area contributed by atoms with E-state index < -0.39 is 0 Å². The molecule has 1 aromatic carbocycles. The van der Waals surface area contributed by atoms with Crippen LogP contribution in [0.4, 0.5) is 4.39 Å². The summed E-state index contributed by atoms with van der Waals surface area (Å²) in [5.41, 5.74) is 0. The quantitative estimate of drug-likeness (QED) is 0.890. The number of aromatic nitrogens is 1. The predicted octanol–water partition coefficient (Wildman–Crippen LogP) is 2.35. The van der Waals surface area contributed by atoms with Crippen LogP contribution in [0.25, 0.3) is 0 Å². The summed E-state index contributed by atoms with van der Waals surface area (Å²) in [6.45, 7) is 0.324. The molecular formula is C11H10FNO2S. The summed E-state index contributed by atoms with van der Waals surface area (Å²) in [6.07, 6.45) is 1.62. The lowest BCUT2D eigenvalue weighted by Gasteiger charge is -2.02. The van der Waals surface area contributed by atoms with Gasteiger partial charge in [-0.15, -0.1) is 11.3 Å². The summed E-state index contributed by atoms with van der Waals surface area (Å²) in [5.74, 6) is 0.311. The van der Waals surface area contributed by atoms with Gasteiger partial charge in [0.05, 0.1) is 11.5 Å². The maximum Gasteiger partial charge on any atom is 0.140 e. The van der Waals surface area contributed by atoms with Crippen LogP contribution < -0.4 is 4.74 Å². The molecule has 0 atom stereocenters. The molecule has 5 heteroatoms. The molecule has 0 saturated heterocycles. The molecule has 2 rings (SSSR count). The molecule has 0 radical (unpaired) electrons. The zero-order chi connectivity index (χ0) is 11.4. The van der Waals surface area contributed by atoms with Crippen molar-refractivity contribution < 1.29 is 14.2 Å². The average molecular weight is 239 g/mol. The van der Waals surface area contributed by atoms with E-state index in [1.54, 1.807) is 18.3 Å². The van der Waals surface area contributed by atoms with Crippen LogP contribution in [0.2, 0.25) is 0 Å². The van der Waals surface area contributed by atoms with Crippen LogP contribution in [-0.2, 0) is 13.2 Å². The van der Waals surface area contributed by atoms with Crippen LogP contribution in [0, 0.1) is 5.82 Å². The third kappa shape index (κ3) is 2.77. The molecule has 0 bridgehead atoms. The fourth-order valence-electron chi connectivity index (χ4n) is 1.16. The van der Waals surface area contributed by atoms with Gasteiger partial charge in [-0.1, -0.05) is 0 Å². The second-order valence-corrected chi connectivity index (χ2v) is 4.32. The molecular weight excluding hydrogens is 229 g/mol. The normalized spacial score (nSPS) is 10.4. The van der Waals surface area contributed by atoms with Gasteiger partial charge >= 0.3 is 0 Å². The summed E-state index contributed by atoms with van der Waals surface area (Å²) in [7, 11) is 0. The Morgan fingerprint density at radius 2 is 2.06 bits per heavy atom. The van der Waals surface area contributed by atoms with Gasteiger partial charge in [0.1, 0.15) is 23.2 Å². The Morgan fingerprint density at radius 3 is 2.69 bits per heavy atom. The maximum atomic E-state index is 12.6. The molecule has 0 spiro atoms. The molecule has 1 aromatic heterocycles. The minimum absolute atomic E-state index is 0.00574. The Bertz CT molecular complexity index is 455. The fraction of sp³-hybridized carbons (Fsp3) is 0.182. The Balaban J connectivity index is 1.94. The van der Waals surface area contributed by atoms with Crippen molar-refractivity contribution in [2.45, 2.75) is 13.2 Å². The van der Waals surface area contributed by atoms with Gasteiger partial charge in [-0.2, -0.15) is 0 Å². The van der Waals surface area contributed by atoms with E-state index in [-0.39, 0.29) is 12.4 Å². The highest BCUT2D eigenvalue weighted by Crippen LogP contribution is 2.17. The molecule has 3 nitrogen and oxygen atoms in total. The van der Waals surface area contributed by atoms with Crippen LogP contribution in [0.15, 0.2) is 30.5 Å². The molecule has 0 unspecified atom stereocenters. The van der Waals surface area contributed by atoms with Gasteiger partial charge in [0.2, 0.25) is 0 Å². The SMILES string of the molecule is OCc1cnc(COc2ccc(F)cc2)s1. The van der Waals surface area contributed by atoms with Crippen LogP contribution in [0.3, 0.4) is 0 Å². The first-order valence-electron chi connectivity index (χ1n) is 4.71. The molecule has 0 fully saturated rings. The van der Waals surface area contributed by atoms with Crippen LogP contribution >= 0.6 is 11.3 Å². The van der Waals surface area contributed by atoms with Gasteiger partial charge in [-0.25, -0.2) is 9.37 Å². The van der Waals surface area contributed by atoms with Crippen LogP contribution in [0.5, 0.6) is 5.75 Å². The molecule has 0 aliphatic rings. The second-order valence-electron chi connectivity index (χ2n) is 3.12. The van der Waals surface area contributed by atoms with Crippen LogP contribution in [0.1, 0.15) is 9.88 Å². The number of aliphatic hydroxyl groups excluding tert-OH is 1. The molecule has 1 heterocycles. The summed E-state index contributed by atoms with van der Waals surface area (Å²) >= 11 is 1.40. The Hall–Kier alpha value is -1.46. The molecule has 84 valence electrons. The van der Waals surface area contributed by atoms with E-state index in [4.69, 9.17) is 9.84 Å². The standard InChI is InChI=1S/C11H10FNO2S/c12-8-1-3-9(4-2-8)15-7-11-13-5-10(6-14)16-11/h1-5,14H,6-7H2. The Kier molecular flexibility index (Phi) is 3.48. The Morgan fingerprint density at radius 1 is 1.31 bits per heavy atom. The monoisotopic (exact) mass is 239 g/mol. The number of hydrogen-bond donors (Lipinski definition) is 1. The molecule has 16 heavy (non-hydrogen) atoms. The van der Waals surface area contributed by atoms with E-state index in [2.05, 4.69) is 4.98 Å². The number of benzene rings is 1. The third-order valence-corrected chi connectivity index (χ3v) is 2.89. The maximum absolute atomic E-state index is 12.6. The summed E-state index contributed by atoms with van der Waals surface area (Å²) in [6, 6.07) is 5.82. The molecule has 2 aromatic rings. The fourth-order valence-corrected chi connectivity index (χ4v) is 1.86. The van der Waals surface area contributed by atoms with E-state index in [1.165, 1.54) is 23.5 Å². The van der Waals surface area contributed by atoms with Gasteiger partial charge in [0.25, 0.3) is 0 Å². The average Bonchev–Trinajstić information content (AvgIpc) is 2.76. The van der Waals surface area contributed by atoms with Crippen molar-refractivity contribution in [3.63, 3.8) is 0 Å². The smallest absolute Gasteiger partial charge is 0.140 e. The van der Waals surface area contributed by atoms with E-state index >= 15 is 0 Å².